The van der Waals surface area contributed by atoms with E-state index in [1.54, 1.807) is 0 Å². The van der Waals surface area contributed by atoms with Crippen molar-refractivity contribution in [3.63, 3.8) is 0 Å². The van der Waals surface area contributed by atoms with Crippen LogP contribution in [0.5, 0.6) is 0 Å². The number of aromatic amines is 1. The Bertz CT molecular complexity index is 1250. The molecule has 0 saturated carbocycles. The number of phosphoric acid groups is 3. The number of rotatable bonds is 8. The average molecular weight is 536 g/mol. The normalized spacial score (nSPS) is 29.7. The number of ether oxygens (including phenoxy) is 1. The van der Waals surface area contributed by atoms with Crippen molar-refractivity contribution in [1.82, 2.24) is 19.5 Å². The van der Waals surface area contributed by atoms with Gasteiger partial charge in [0.25, 0.3) is 5.56 Å². The van der Waals surface area contributed by atoms with Gasteiger partial charge in [-0.15, -0.1) is 0 Å². The van der Waals surface area contributed by atoms with Gasteiger partial charge in [0.05, 0.1) is 18.5 Å². The highest BCUT2D eigenvalue weighted by Gasteiger charge is 2.53. The van der Waals surface area contributed by atoms with E-state index in [1.165, 1.54) is 11.5 Å². The number of aliphatic hydroxyl groups is 1. The minimum Gasteiger partial charge on any atom is -0.388 e. The fourth-order valence-electron chi connectivity index (χ4n) is 3.01. The molecule has 33 heavy (non-hydrogen) atoms. The Hall–Kier alpha value is -1.56. The van der Waals surface area contributed by atoms with Crippen LogP contribution in [0.15, 0.2) is 11.1 Å². The van der Waals surface area contributed by atoms with Crippen LogP contribution in [-0.4, -0.2) is 68.6 Å². The molecule has 19 nitrogen and oxygen atoms in total. The summed E-state index contributed by atoms with van der Waals surface area (Å²) in [4.78, 5) is 57.8. The largest absolute Gasteiger partial charge is 0.490 e. The molecule has 0 bridgehead atoms. The number of aromatic nitrogens is 4. The van der Waals surface area contributed by atoms with Gasteiger partial charge in [-0.1, -0.05) is 0 Å². The Morgan fingerprint density at radius 2 is 1.88 bits per heavy atom. The minimum absolute atomic E-state index is 0.0429. The molecular formula is C11H19N6O13P3. The monoisotopic (exact) mass is 536 g/mol. The van der Waals surface area contributed by atoms with E-state index in [1.807, 2.05) is 0 Å². The molecule has 0 aliphatic carbocycles. The fraction of sp³-hybridized carbons (Fsp3) is 0.545. The molecule has 3 heterocycles. The number of nitrogens with zero attached hydrogens (tertiary/aromatic N) is 3. The van der Waals surface area contributed by atoms with Crippen LogP contribution < -0.4 is 17.0 Å². The Kier molecular flexibility index (Phi) is 6.78. The summed E-state index contributed by atoms with van der Waals surface area (Å²) in [6, 6.07) is 0. The standard InChI is InChI=1S/C11H19N6O13P3/c1-11(13)6(18)4(2-27-32(23,24)30-33(25,26)29-31(20,21)22)28-9(11)17-3-14-5-7(17)15-10(12)16-8(5)19/h3-4,6,9,18H,2,13H2,1H3,(H,23,24)(H,25,26)(H2,20,21,22)(H3,12,15,16,19)/t4?,6-,9-,11-/m1/s1. The second kappa shape index (κ2) is 8.58. The molecule has 0 spiro atoms. The van der Waals surface area contributed by atoms with Crippen molar-refractivity contribution in [3.8, 4) is 0 Å². The molecule has 1 aliphatic heterocycles. The van der Waals surface area contributed by atoms with Gasteiger partial charge in [0, 0.05) is 0 Å². The lowest BCUT2D eigenvalue weighted by Gasteiger charge is -2.28. The van der Waals surface area contributed by atoms with E-state index in [-0.39, 0.29) is 17.1 Å². The molecule has 1 aliphatic rings. The predicted octanol–water partition coefficient (Wildman–Crippen LogP) is -1.98. The Balaban J connectivity index is 1.78. The molecule has 6 atom stereocenters. The highest BCUT2D eigenvalue weighted by molar-refractivity contribution is 7.66. The second-order valence-electron chi connectivity index (χ2n) is 7.00. The van der Waals surface area contributed by atoms with Crippen LogP contribution in [0.2, 0.25) is 0 Å². The smallest absolute Gasteiger partial charge is 0.388 e. The van der Waals surface area contributed by atoms with Gasteiger partial charge in [-0.3, -0.25) is 18.9 Å². The zero-order valence-electron chi connectivity index (χ0n) is 16.4. The Morgan fingerprint density at radius 1 is 1.24 bits per heavy atom. The highest BCUT2D eigenvalue weighted by Crippen LogP contribution is 2.66. The minimum atomic E-state index is -5.72. The second-order valence-corrected chi connectivity index (χ2v) is 11.4. The molecule has 2 aromatic heterocycles. The molecule has 0 amide bonds. The lowest BCUT2D eigenvalue weighted by Crippen LogP contribution is -2.52. The van der Waals surface area contributed by atoms with Crippen LogP contribution in [0, 0.1) is 0 Å². The number of hydrogen-bond donors (Lipinski definition) is 8. The van der Waals surface area contributed by atoms with Gasteiger partial charge in [0.1, 0.15) is 12.2 Å². The number of hydrogen-bond acceptors (Lipinski definition) is 13. The number of anilines is 1. The molecule has 0 aromatic carbocycles. The summed E-state index contributed by atoms with van der Waals surface area (Å²) >= 11 is 0. The van der Waals surface area contributed by atoms with Crippen molar-refractivity contribution in [2.24, 2.45) is 5.73 Å². The summed E-state index contributed by atoms with van der Waals surface area (Å²) in [5.74, 6) is -0.240. The first kappa shape index (κ1) is 26.1. The number of phosphoric ester groups is 1. The first-order chi connectivity index (χ1) is 14.9. The van der Waals surface area contributed by atoms with Gasteiger partial charge >= 0.3 is 23.5 Å². The number of nitrogen functional groups attached to an aromatic ring is 1. The molecule has 3 rings (SSSR count). The lowest BCUT2D eigenvalue weighted by molar-refractivity contribution is -0.0447. The van der Waals surface area contributed by atoms with E-state index in [0.29, 0.717) is 0 Å². The van der Waals surface area contributed by atoms with Crippen LogP contribution in [0.4, 0.5) is 5.95 Å². The SMILES string of the molecule is C[C@@]1(N)[C@H](O)C(COP(=O)(O)OP(=O)(O)OP(=O)(O)O)O[C@H]1n1cnc2c(=O)[nH]c(N)nc21. The van der Waals surface area contributed by atoms with Gasteiger partial charge in [-0.2, -0.15) is 13.6 Å². The van der Waals surface area contributed by atoms with Crippen molar-refractivity contribution >= 4 is 40.6 Å². The summed E-state index contributed by atoms with van der Waals surface area (Å²) in [6.45, 7) is 0.395. The Morgan fingerprint density at radius 3 is 2.48 bits per heavy atom. The number of H-pyrrole nitrogens is 1. The van der Waals surface area contributed by atoms with Crippen molar-refractivity contribution in [2.75, 3.05) is 12.3 Å². The van der Waals surface area contributed by atoms with Crippen LogP contribution in [0.1, 0.15) is 13.2 Å². The maximum absolute atomic E-state index is 12.0. The van der Waals surface area contributed by atoms with Crippen molar-refractivity contribution in [2.45, 2.75) is 30.9 Å². The van der Waals surface area contributed by atoms with Crippen LogP contribution in [-0.2, 0) is 31.6 Å². The quantitative estimate of drug-likeness (QED) is 0.169. The third-order valence-corrected chi connectivity index (χ3v) is 8.15. The molecule has 2 aromatic rings. The van der Waals surface area contributed by atoms with Crippen LogP contribution >= 0.6 is 23.5 Å². The van der Waals surface area contributed by atoms with Crippen LogP contribution in [0.3, 0.4) is 0 Å². The maximum atomic E-state index is 12.0. The van der Waals surface area contributed by atoms with Crippen LogP contribution in [0.25, 0.3) is 11.2 Å². The lowest BCUT2D eigenvalue weighted by atomic mass is 9.93. The molecular weight excluding hydrogens is 517 g/mol. The molecule has 1 saturated heterocycles. The molecule has 3 unspecified atom stereocenters. The van der Waals surface area contributed by atoms with E-state index in [9.17, 15) is 33.4 Å². The van der Waals surface area contributed by atoms with E-state index in [4.69, 9.17) is 26.0 Å². The molecule has 0 radical (unpaired) electrons. The van der Waals surface area contributed by atoms with Crippen molar-refractivity contribution in [3.05, 3.63) is 16.7 Å². The Labute approximate surface area is 182 Å². The van der Waals surface area contributed by atoms with E-state index in [0.717, 1.165) is 6.33 Å². The fourth-order valence-corrected chi connectivity index (χ4v) is 6.04. The third-order valence-electron chi connectivity index (χ3n) is 4.35. The first-order valence-electron chi connectivity index (χ1n) is 8.55. The van der Waals surface area contributed by atoms with E-state index < -0.39 is 59.6 Å². The van der Waals surface area contributed by atoms with Gasteiger partial charge < -0.3 is 40.9 Å². The predicted molar refractivity (Wildman–Crippen MR) is 105 cm³/mol. The average Bonchev–Trinajstić information content (AvgIpc) is 3.10. The zero-order chi connectivity index (χ0) is 25.0. The number of aliphatic hydroxyl groups excluding tert-OH is 1. The van der Waals surface area contributed by atoms with Gasteiger partial charge in [-0.05, 0) is 6.92 Å². The summed E-state index contributed by atoms with van der Waals surface area (Å²) in [5, 5.41) is 10.5. The number of fused-ring (bicyclic) bond motifs is 1. The molecule has 1 fully saturated rings. The molecule has 10 N–H and O–H groups in total. The highest BCUT2D eigenvalue weighted by atomic mass is 31.3. The molecule has 186 valence electrons. The van der Waals surface area contributed by atoms with E-state index in [2.05, 4.69) is 28.1 Å². The number of imidazole rings is 1. The van der Waals surface area contributed by atoms with Crippen molar-refractivity contribution in [1.29, 1.82) is 0 Å². The first-order valence-corrected chi connectivity index (χ1v) is 13.1. The molecule has 22 heteroatoms. The topological polar surface area (TPSA) is 305 Å². The number of nitrogens with two attached hydrogens (primary N) is 2. The van der Waals surface area contributed by atoms with Crippen molar-refractivity contribution < 1.29 is 56.3 Å². The third kappa shape index (κ3) is 5.75. The summed E-state index contributed by atoms with van der Waals surface area (Å²) in [6.07, 6.45) is -3.13. The maximum Gasteiger partial charge on any atom is 0.490 e. The summed E-state index contributed by atoms with van der Waals surface area (Å²) in [7, 11) is -16.7. The summed E-state index contributed by atoms with van der Waals surface area (Å²) < 4.78 is 52.4. The van der Waals surface area contributed by atoms with Gasteiger partial charge in [-0.25, -0.2) is 18.7 Å². The zero-order valence-corrected chi connectivity index (χ0v) is 19.0. The van der Waals surface area contributed by atoms with E-state index >= 15 is 0 Å². The summed E-state index contributed by atoms with van der Waals surface area (Å²) in [5.41, 5.74) is 9.25. The van der Waals surface area contributed by atoms with Gasteiger partial charge in [0.15, 0.2) is 17.4 Å². The number of nitrogens with one attached hydrogen (secondary N) is 1. The van der Waals surface area contributed by atoms with Gasteiger partial charge in [0.2, 0.25) is 5.95 Å².